The summed E-state index contributed by atoms with van der Waals surface area (Å²) in [6.45, 7) is 3.71. The van der Waals surface area contributed by atoms with Gasteiger partial charge < -0.3 is 5.32 Å². The highest BCUT2D eigenvalue weighted by atomic mass is 35.5. The number of hydrogen-bond acceptors (Lipinski definition) is 3. The van der Waals surface area contributed by atoms with Crippen molar-refractivity contribution in [2.75, 3.05) is 5.32 Å². The van der Waals surface area contributed by atoms with Gasteiger partial charge in [0.05, 0.1) is 17.4 Å². The van der Waals surface area contributed by atoms with E-state index < -0.39 is 5.69 Å². The molecule has 4 rings (SSSR count). The number of carbonyl (C=O) groups is 1. The minimum Gasteiger partial charge on any atom is -0.324 e. The number of aromatic nitrogens is 2. The average Bonchev–Trinajstić information content (AvgIpc) is 2.78. The first-order valence-electron chi connectivity index (χ1n) is 10.2. The fourth-order valence-corrected chi connectivity index (χ4v) is 3.77. The number of halogens is 1. The Kier molecular flexibility index (Phi) is 5.97. The number of fused-ring (bicyclic) bond motifs is 1. The second-order valence-electron chi connectivity index (χ2n) is 7.77. The number of aryl methyl sites for hydroxylation is 2. The smallest absolute Gasteiger partial charge is 0.324 e. The van der Waals surface area contributed by atoms with Gasteiger partial charge in [-0.15, -0.1) is 0 Å². The molecule has 0 unspecified atom stereocenters. The van der Waals surface area contributed by atoms with Gasteiger partial charge in [0.15, 0.2) is 0 Å². The first kappa shape index (κ1) is 21.6. The van der Waals surface area contributed by atoms with Crippen molar-refractivity contribution in [2.24, 2.45) is 0 Å². The quantitative estimate of drug-likeness (QED) is 0.500. The molecule has 0 bridgehead atoms. The van der Waals surface area contributed by atoms with E-state index in [1.54, 1.807) is 42.5 Å². The maximum Gasteiger partial charge on any atom is 0.332 e. The molecule has 0 aliphatic heterocycles. The lowest BCUT2D eigenvalue weighted by molar-refractivity contribution is -0.116. The van der Waals surface area contributed by atoms with Gasteiger partial charge in [-0.1, -0.05) is 59.6 Å². The molecule has 1 N–H and O–H groups in total. The maximum absolute atomic E-state index is 13.3. The largest absolute Gasteiger partial charge is 0.332 e. The van der Waals surface area contributed by atoms with Crippen LogP contribution in [0.1, 0.15) is 16.7 Å². The van der Waals surface area contributed by atoms with E-state index in [1.807, 2.05) is 38.1 Å². The Morgan fingerprint density at radius 2 is 1.66 bits per heavy atom. The van der Waals surface area contributed by atoms with Crippen LogP contribution in [-0.2, 0) is 17.9 Å². The molecule has 0 saturated heterocycles. The molecule has 4 aromatic rings. The van der Waals surface area contributed by atoms with Crippen molar-refractivity contribution >= 4 is 34.1 Å². The van der Waals surface area contributed by atoms with Crippen LogP contribution in [-0.4, -0.2) is 15.0 Å². The van der Waals surface area contributed by atoms with Crippen LogP contribution in [0, 0.1) is 13.8 Å². The summed E-state index contributed by atoms with van der Waals surface area (Å²) >= 11 is 6.04. The summed E-state index contributed by atoms with van der Waals surface area (Å²) in [5.74, 6) is -0.386. The summed E-state index contributed by atoms with van der Waals surface area (Å²) < 4.78 is 2.51. The zero-order valence-corrected chi connectivity index (χ0v) is 18.5. The van der Waals surface area contributed by atoms with E-state index >= 15 is 0 Å². The van der Waals surface area contributed by atoms with Gasteiger partial charge in [0, 0.05) is 10.7 Å². The van der Waals surface area contributed by atoms with Gasteiger partial charge in [0.1, 0.15) is 6.54 Å². The van der Waals surface area contributed by atoms with Gasteiger partial charge in [0.25, 0.3) is 5.56 Å². The SMILES string of the molecule is Cc1ccc(Cn2c(=O)c3ccccc3n(CC(=O)Nc3cc(Cl)ccc3C)c2=O)cc1. The number of carbonyl (C=O) groups excluding carboxylic acids is 1. The molecule has 0 saturated carbocycles. The molecule has 0 aliphatic rings. The zero-order chi connectivity index (χ0) is 22.8. The Morgan fingerprint density at radius 1 is 0.938 bits per heavy atom. The highest BCUT2D eigenvalue weighted by molar-refractivity contribution is 6.31. The normalized spacial score (nSPS) is 11.0. The van der Waals surface area contributed by atoms with Crippen molar-refractivity contribution < 1.29 is 4.79 Å². The summed E-state index contributed by atoms with van der Waals surface area (Å²) in [4.78, 5) is 39.2. The van der Waals surface area contributed by atoms with Crippen molar-refractivity contribution in [2.45, 2.75) is 26.9 Å². The first-order chi connectivity index (χ1) is 15.3. The minimum atomic E-state index is -0.535. The topological polar surface area (TPSA) is 73.1 Å². The average molecular weight is 448 g/mol. The third kappa shape index (κ3) is 4.36. The van der Waals surface area contributed by atoms with Crippen LogP contribution < -0.4 is 16.6 Å². The second kappa shape index (κ2) is 8.85. The van der Waals surface area contributed by atoms with Crippen LogP contribution in [0.5, 0.6) is 0 Å². The fraction of sp³-hybridized carbons (Fsp3) is 0.160. The van der Waals surface area contributed by atoms with Crippen LogP contribution in [0.4, 0.5) is 5.69 Å². The van der Waals surface area contributed by atoms with Crippen molar-refractivity contribution in [3.05, 3.63) is 109 Å². The summed E-state index contributed by atoms with van der Waals surface area (Å²) in [7, 11) is 0. The standard InChI is InChI=1S/C25H22ClN3O3/c1-16-7-10-18(11-8-16)14-29-24(31)20-5-3-4-6-22(20)28(25(29)32)15-23(30)27-21-13-19(26)12-9-17(21)2/h3-13H,14-15H2,1-2H3,(H,27,30). The predicted molar refractivity (Wildman–Crippen MR) is 128 cm³/mol. The van der Waals surface area contributed by atoms with E-state index in [0.29, 0.717) is 21.6 Å². The Labute approximate surface area is 189 Å². The number of hydrogen-bond donors (Lipinski definition) is 1. The molecule has 3 aromatic carbocycles. The molecule has 0 atom stereocenters. The first-order valence-corrected chi connectivity index (χ1v) is 10.6. The maximum atomic E-state index is 13.3. The second-order valence-corrected chi connectivity index (χ2v) is 8.21. The lowest BCUT2D eigenvalue weighted by atomic mass is 10.1. The molecule has 1 aromatic heterocycles. The Balaban J connectivity index is 1.75. The van der Waals surface area contributed by atoms with Crippen LogP contribution in [0.2, 0.25) is 5.02 Å². The van der Waals surface area contributed by atoms with E-state index in [-0.39, 0.29) is 24.6 Å². The van der Waals surface area contributed by atoms with E-state index in [4.69, 9.17) is 11.6 Å². The Morgan fingerprint density at radius 3 is 2.41 bits per heavy atom. The summed E-state index contributed by atoms with van der Waals surface area (Å²) in [6, 6.07) is 19.7. The Bertz CT molecular complexity index is 1440. The number of amides is 1. The van der Waals surface area contributed by atoms with Gasteiger partial charge in [-0.05, 0) is 49.2 Å². The molecule has 32 heavy (non-hydrogen) atoms. The number of rotatable bonds is 5. The van der Waals surface area contributed by atoms with Crippen molar-refractivity contribution in [3.63, 3.8) is 0 Å². The Hall–Kier alpha value is -3.64. The van der Waals surface area contributed by atoms with E-state index in [2.05, 4.69) is 5.32 Å². The molecule has 1 heterocycles. The number of anilines is 1. The molecule has 0 spiro atoms. The van der Waals surface area contributed by atoms with Gasteiger partial charge in [-0.2, -0.15) is 0 Å². The highest BCUT2D eigenvalue weighted by Crippen LogP contribution is 2.20. The van der Waals surface area contributed by atoms with E-state index in [0.717, 1.165) is 16.7 Å². The van der Waals surface area contributed by atoms with Crippen LogP contribution in [0.25, 0.3) is 10.9 Å². The molecule has 1 amide bonds. The lowest BCUT2D eigenvalue weighted by Crippen LogP contribution is -2.42. The van der Waals surface area contributed by atoms with Crippen molar-refractivity contribution in [1.82, 2.24) is 9.13 Å². The number of nitrogens with zero attached hydrogens (tertiary/aromatic N) is 2. The molecule has 0 fully saturated rings. The molecule has 162 valence electrons. The minimum absolute atomic E-state index is 0.123. The van der Waals surface area contributed by atoms with Gasteiger partial charge in [-0.3, -0.25) is 18.7 Å². The summed E-state index contributed by atoms with van der Waals surface area (Å²) in [6.07, 6.45) is 0. The zero-order valence-electron chi connectivity index (χ0n) is 17.8. The van der Waals surface area contributed by atoms with Gasteiger partial charge in [0.2, 0.25) is 5.91 Å². The molecular weight excluding hydrogens is 426 g/mol. The monoisotopic (exact) mass is 447 g/mol. The van der Waals surface area contributed by atoms with Crippen molar-refractivity contribution in [3.8, 4) is 0 Å². The molecular formula is C25H22ClN3O3. The highest BCUT2D eigenvalue weighted by Gasteiger charge is 2.16. The lowest BCUT2D eigenvalue weighted by Gasteiger charge is -2.15. The molecule has 0 aliphatic carbocycles. The molecule has 7 heteroatoms. The third-order valence-electron chi connectivity index (χ3n) is 5.37. The van der Waals surface area contributed by atoms with E-state index in [9.17, 15) is 14.4 Å². The molecule has 6 nitrogen and oxygen atoms in total. The molecule has 0 radical (unpaired) electrons. The van der Waals surface area contributed by atoms with Crippen LogP contribution in [0.15, 0.2) is 76.3 Å². The third-order valence-corrected chi connectivity index (χ3v) is 5.60. The summed E-state index contributed by atoms with van der Waals surface area (Å²) in [5.41, 5.74) is 2.85. The van der Waals surface area contributed by atoms with Gasteiger partial charge >= 0.3 is 5.69 Å². The predicted octanol–water partition coefficient (Wildman–Crippen LogP) is 4.12. The number of benzene rings is 3. The van der Waals surface area contributed by atoms with Crippen LogP contribution >= 0.6 is 11.6 Å². The van der Waals surface area contributed by atoms with Crippen LogP contribution in [0.3, 0.4) is 0 Å². The number of para-hydroxylation sites is 1. The number of nitrogens with one attached hydrogen (secondary N) is 1. The summed E-state index contributed by atoms with van der Waals surface area (Å²) in [5, 5.41) is 3.69. The van der Waals surface area contributed by atoms with Gasteiger partial charge in [-0.25, -0.2) is 4.79 Å². The van der Waals surface area contributed by atoms with Crippen molar-refractivity contribution in [1.29, 1.82) is 0 Å². The fourth-order valence-electron chi connectivity index (χ4n) is 3.60. The van der Waals surface area contributed by atoms with E-state index in [1.165, 1.54) is 9.13 Å².